The minimum absolute atomic E-state index is 0.292. The standard InChI is InChI=1S/C21H28ClN5O2/c1-23-21(25-11-8-15-6-7-18(28-2)19(13-15)29-3)26-16-9-12-27(14-16)20-17(22)5-4-10-24-20/h4-7,10,13,16H,8-9,11-12,14H2,1-3H3,(H2,23,25,26). The van der Waals surface area contributed by atoms with Gasteiger partial charge in [-0.1, -0.05) is 17.7 Å². The summed E-state index contributed by atoms with van der Waals surface area (Å²) in [4.78, 5) is 11.0. The van der Waals surface area contributed by atoms with E-state index in [-0.39, 0.29) is 0 Å². The molecule has 0 bridgehead atoms. The number of aliphatic imine (C=N–C) groups is 1. The number of methoxy groups -OCH3 is 2. The Balaban J connectivity index is 1.48. The number of guanidine groups is 1. The summed E-state index contributed by atoms with van der Waals surface area (Å²) in [6, 6.07) is 9.99. The van der Waals surface area contributed by atoms with Crippen molar-refractivity contribution in [3.63, 3.8) is 0 Å². The van der Waals surface area contributed by atoms with Crippen LogP contribution in [0.4, 0.5) is 5.82 Å². The third-order valence-electron chi connectivity index (χ3n) is 4.95. The summed E-state index contributed by atoms with van der Waals surface area (Å²) in [7, 11) is 5.07. The Morgan fingerprint density at radius 3 is 2.83 bits per heavy atom. The summed E-state index contributed by atoms with van der Waals surface area (Å²) < 4.78 is 10.7. The van der Waals surface area contributed by atoms with Crippen molar-refractivity contribution in [2.75, 3.05) is 45.8 Å². The van der Waals surface area contributed by atoms with Crippen LogP contribution >= 0.6 is 11.6 Å². The first-order valence-electron chi connectivity index (χ1n) is 9.68. The first-order valence-corrected chi connectivity index (χ1v) is 10.1. The number of aromatic nitrogens is 1. The number of pyridine rings is 1. The third kappa shape index (κ3) is 5.44. The second-order valence-electron chi connectivity index (χ2n) is 6.82. The van der Waals surface area contributed by atoms with E-state index in [1.165, 1.54) is 5.56 Å². The predicted octanol–water partition coefficient (Wildman–Crippen LogP) is 2.74. The van der Waals surface area contributed by atoms with Gasteiger partial charge in [-0.3, -0.25) is 4.99 Å². The van der Waals surface area contributed by atoms with Gasteiger partial charge in [0.05, 0.1) is 19.2 Å². The van der Waals surface area contributed by atoms with Crippen molar-refractivity contribution in [3.05, 3.63) is 47.1 Å². The zero-order valence-corrected chi connectivity index (χ0v) is 17.9. The Bertz CT molecular complexity index is 846. The molecule has 1 atom stereocenters. The Kier molecular flexibility index (Phi) is 7.41. The van der Waals surface area contributed by atoms with Gasteiger partial charge < -0.3 is 25.0 Å². The van der Waals surface area contributed by atoms with Crippen LogP contribution in [0, 0.1) is 0 Å². The monoisotopic (exact) mass is 417 g/mol. The molecule has 1 fully saturated rings. The highest BCUT2D eigenvalue weighted by molar-refractivity contribution is 6.32. The molecule has 1 unspecified atom stereocenters. The molecule has 1 aliphatic rings. The van der Waals surface area contributed by atoms with Gasteiger partial charge in [-0.05, 0) is 42.7 Å². The van der Waals surface area contributed by atoms with Crippen LogP contribution in [0.25, 0.3) is 0 Å². The molecule has 0 saturated carbocycles. The van der Waals surface area contributed by atoms with Crippen molar-refractivity contribution in [2.24, 2.45) is 4.99 Å². The van der Waals surface area contributed by atoms with Gasteiger partial charge in [-0.25, -0.2) is 4.98 Å². The molecular weight excluding hydrogens is 390 g/mol. The maximum Gasteiger partial charge on any atom is 0.191 e. The molecule has 8 heteroatoms. The lowest BCUT2D eigenvalue weighted by atomic mass is 10.1. The van der Waals surface area contributed by atoms with Crippen molar-refractivity contribution in [3.8, 4) is 11.5 Å². The second kappa shape index (κ2) is 10.2. The lowest BCUT2D eigenvalue weighted by Crippen LogP contribution is -2.45. The Morgan fingerprint density at radius 2 is 2.10 bits per heavy atom. The number of ether oxygens (including phenoxy) is 2. The van der Waals surface area contributed by atoms with E-state index in [0.717, 1.165) is 55.8 Å². The van der Waals surface area contributed by atoms with Crippen LogP contribution in [-0.4, -0.2) is 57.9 Å². The summed E-state index contributed by atoms with van der Waals surface area (Å²) >= 11 is 6.27. The molecule has 0 radical (unpaired) electrons. The molecule has 0 spiro atoms. The molecule has 2 heterocycles. The van der Waals surface area contributed by atoms with Crippen LogP contribution in [0.3, 0.4) is 0 Å². The Labute approximate surface area is 177 Å². The highest BCUT2D eigenvalue weighted by Crippen LogP contribution is 2.28. The first kappa shape index (κ1) is 21.0. The SMILES string of the molecule is CN=C(NCCc1ccc(OC)c(OC)c1)NC1CCN(c2ncccc2Cl)C1. The third-order valence-corrected chi connectivity index (χ3v) is 5.24. The van der Waals surface area contributed by atoms with Gasteiger partial charge >= 0.3 is 0 Å². The van der Waals surface area contributed by atoms with E-state index >= 15 is 0 Å². The quantitative estimate of drug-likeness (QED) is 0.533. The van der Waals surface area contributed by atoms with Crippen LogP contribution in [0.2, 0.25) is 5.02 Å². The molecule has 29 heavy (non-hydrogen) atoms. The van der Waals surface area contributed by atoms with Crippen LogP contribution in [0.1, 0.15) is 12.0 Å². The predicted molar refractivity (Wildman–Crippen MR) is 118 cm³/mol. The van der Waals surface area contributed by atoms with E-state index in [2.05, 4.69) is 25.5 Å². The number of nitrogens with zero attached hydrogens (tertiary/aromatic N) is 3. The molecule has 1 aromatic heterocycles. The summed E-state index contributed by atoms with van der Waals surface area (Å²) in [6.07, 6.45) is 3.63. The Hall–Kier alpha value is -2.67. The average molecular weight is 418 g/mol. The normalized spacial score (nSPS) is 16.6. The molecule has 2 N–H and O–H groups in total. The van der Waals surface area contributed by atoms with Crippen molar-refractivity contribution in [1.29, 1.82) is 0 Å². The minimum atomic E-state index is 0.292. The number of nitrogens with one attached hydrogen (secondary N) is 2. The summed E-state index contributed by atoms with van der Waals surface area (Å²) in [5.74, 6) is 3.12. The number of benzene rings is 1. The smallest absolute Gasteiger partial charge is 0.191 e. The van der Waals surface area contributed by atoms with Crippen LogP contribution in [-0.2, 0) is 6.42 Å². The number of hydrogen-bond acceptors (Lipinski definition) is 5. The van der Waals surface area contributed by atoms with Crippen molar-refractivity contribution in [2.45, 2.75) is 18.9 Å². The fourth-order valence-corrected chi connectivity index (χ4v) is 3.67. The van der Waals surface area contributed by atoms with E-state index in [1.807, 2.05) is 30.3 Å². The van der Waals surface area contributed by atoms with E-state index in [1.54, 1.807) is 27.5 Å². The highest BCUT2D eigenvalue weighted by atomic mass is 35.5. The van der Waals surface area contributed by atoms with E-state index in [9.17, 15) is 0 Å². The molecule has 3 rings (SSSR count). The van der Waals surface area contributed by atoms with Gasteiger partial charge in [0.25, 0.3) is 0 Å². The van der Waals surface area contributed by atoms with E-state index < -0.39 is 0 Å². The van der Waals surface area contributed by atoms with E-state index in [4.69, 9.17) is 21.1 Å². The lowest BCUT2D eigenvalue weighted by Gasteiger charge is -2.20. The largest absolute Gasteiger partial charge is 0.493 e. The fraction of sp³-hybridized carbons (Fsp3) is 0.429. The topological polar surface area (TPSA) is 71.0 Å². The van der Waals surface area contributed by atoms with Crippen molar-refractivity contribution >= 4 is 23.4 Å². The van der Waals surface area contributed by atoms with Crippen LogP contribution in [0.15, 0.2) is 41.5 Å². The molecule has 156 valence electrons. The molecule has 1 aliphatic heterocycles. The van der Waals surface area contributed by atoms with Gasteiger partial charge in [0.1, 0.15) is 5.82 Å². The Morgan fingerprint density at radius 1 is 1.28 bits per heavy atom. The van der Waals surface area contributed by atoms with Crippen LogP contribution < -0.4 is 25.0 Å². The van der Waals surface area contributed by atoms with E-state index in [0.29, 0.717) is 11.1 Å². The first-order chi connectivity index (χ1) is 14.1. The summed E-state index contributed by atoms with van der Waals surface area (Å²) in [5, 5.41) is 7.56. The van der Waals surface area contributed by atoms with Gasteiger partial charge in [0, 0.05) is 38.9 Å². The maximum absolute atomic E-state index is 6.27. The van der Waals surface area contributed by atoms with Crippen molar-refractivity contribution < 1.29 is 9.47 Å². The molecule has 1 saturated heterocycles. The number of rotatable bonds is 7. The molecule has 7 nitrogen and oxygen atoms in total. The molecular formula is C21H28ClN5O2. The summed E-state index contributed by atoms with van der Waals surface area (Å²) in [5.41, 5.74) is 1.17. The molecule has 0 aliphatic carbocycles. The van der Waals surface area contributed by atoms with Gasteiger partial charge in [0.2, 0.25) is 0 Å². The second-order valence-corrected chi connectivity index (χ2v) is 7.23. The summed E-state index contributed by atoms with van der Waals surface area (Å²) in [6.45, 7) is 2.52. The zero-order chi connectivity index (χ0) is 20.6. The lowest BCUT2D eigenvalue weighted by molar-refractivity contribution is 0.354. The number of halogens is 1. The van der Waals surface area contributed by atoms with Gasteiger partial charge in [-0.15, -0.1) is 0 Å². The number of anilines is 1. The minimum Gasteiger partial charge on any atom is -0.493 e. The highest BCUT2D eigenvalue weighted by Gasteiger charge is 2.25. The average Bonchev–Trinajstić information content (AvgIpc) is 3.21. The van der Waals surface area contributed by atoms with Gasteiger partial charge in [0.15, 0.2) is 17.5 Å². The zero-order valence-electron chi connectivity index (χ0n) is 17.1. The number of hydrogen-bond donors (Lipinski definition) is 2. The maximum atomic E-state index is 6.27. The molecule has 1 aromatic carbocycles. The molecule has 0 amide bonds. The molecule has 2 aromatic rings. The van der Waals surface area contributed by atoms with Crippen molar-refractivity contribution in [1.82, 2.24) is 15.6 Å². The van der Waals surface area contributed by atoms with Crippen LogP contribution in [0.5, 0.6) is 11.5 Å². The fourth-order valence-electron chi connectivity index (χ4n) is 3.43. The van der Waals surface area contributed by atoms with Gasteiger partial charge in [-0.2, -0.15) is 0 Å².